The van der Waals surface area contributed by atoms with Crippen LogP contribution in [0.2, 0.25) is 5.02 Å². The van der Waals surface area contributed by atoms with Crippen LogP contribution in [0.1, 0.15) is 28.7 Å². The van der Waals surface area contributed by atoms with E-state index in [1.165, 1.54) is 0 Å². The van der Waals surface area contributed by atoms with Gasteiger partial charge in [-0.15, -0.1) is 0 Å². The van der Waals surface area contributed by atoms with Gasteiger partial charge in [0.2, 0.25) is 0 Å². The summed E-state index contributed by atoms with van der Waals surface area (Å²) in [6.07, 6.45) is -3.73. The Hall–Kier alpha value is -2.68. The van der Waals surface area contributed by atoms with Gasteiger partial charge >= 0.3 is 6.18 Å². The van der Waals surface area contributed by atoms with E-state index in [2.05, 4.69) is 10.3 Å². The third-order valence-electron chi connectivity index (χ3n) is 3.80. The van der Waals surface area contributed by atoms with E-state index < -0.39 is 29.3 Å². The van der Waals surface area contributed by atoms with Gasteiger partial charge in [0.25, 0.3) is 5.91 Å². The minimum absolute atomic E-state index is 0.0167. The maximum atomic E-state index is 13.3. The van der Waals surface area contributed by atoms with Gasteiger partial charge in [-0.05, 0) is 24.6 Å². The number of carbonyl (C=O) groups is 1. The molecule has 0 spiro atoms. The molecule has 3 rings (SSSR count). The van der Waals surface area contributed by atoms with E-state index in [0.717, 1.165) is 28.7 Å². The van der Waals surface area contributed by atoms with Crippen LogP contribution < -0.4 is 5.32 Å². The zero-order valence-electron chi connectivity index (χ0n) is 13.7. The van der Waals surface area contributed by atoms with Crippen molar-refractivity contribution >= 4 is 28.8 Å². The number of anilines is 1. The number of carbonyl (C=O) groups excluding carboxylic acids is 1. The highest BCUT2D eigenvalue weighted by atomic mass is 35.5. The molecule has 2 heterocycles. The molecule has 0 bridgehead atoms. The van der Waals surface area contributed by atoms with Crippen molar-refractivity contribution in [2.45, 2.75) is 19.5 Å². The number of rotatable bonds is 3. The van der Waals surface area contributed by atoms with E-state index in [1.54, 1.807) is 6.92 Å². The summed E-state index contributed by atoms with van der Waals surface area (Å²) in [7, 11) is 0. The Morgan fingerprint density at radius 3 is 2.52 bits per heavy atom. The average molecular weight is 404 g/mol. The molecule has 0 atom stereocenters. The molecule has 10 heteroatoms. The average Bonchev–Trinajstić information content (AvgIpc) is 2.96. The van der Waals surface area contributed by atoms with Gasteiger partial charge in [-0.3, -0.25) is 9.20 Å². The van der Waals surface area contributed by atoms with Crippen molar-refractivity contribution in [1.82, 2.24) is 9.38 Å². The first-order chi connectivity index (χ1) is 12.6. The highest BCUT2D eigenvalue weighted by molar-refractivity contribution is 6.33. The van der Waals surface area contributed by atoms with Crippen LogP contribution in [0.15, 0.2) is 30.5 Å². The van der Waals surface area contributed by atoms with Crippen molar-refractivity contribution in [3.8, 4) is 0 Å². The van der Waals surface area contributed by atoms with Crippen LogP contribution in [-0.2, 0) is 12.6 Å². The second kappa shape index (κ2) is 6.80. The Bertz CT molecular complexity index is 1050. The fourth-order valence-corrected chi connectivity index (χ4v) is 2.81. The van der Waals surface area contributed by atoms with E-state index in [1.807, 2.05) is 0 Å². The number of benzene rings is 1. The normalized spacial score (nSPS) is 11.8. The maximum absolute atomic E-state index is 13.3. The third kappa shape index (κ3) is 3.59. The van der Waals surface area contributed by atoms with Crippen LogP contribution in [0.25, 0.3) is 5.65 Å². The van der Waals surface area contributed by atoms with Gasteiger partial charge in [0.1, 0.15) is 5.69 Å². The monoisotopic (exact) mass is 403 g/mol. The van der Waals surface area contributed by atoms with E-state index in [4.69, 9.17) is 11.6 Å². The molecule has 1 aromatic carbocycles. The highest BCUT2D eigenvalue weighted by Gasteiger charge is 2.33. The minimum Gasteiger partial charge on any atom is -0.321 e. The van der Waals surface area contributed by atoms with Gasteiger partial charge in [-0.25, -0.2) is 13.8 Å². The van der Waals surface area contributed by atoms with Crippen molar-refractivity contribution in [3.05, 3.63) is 64.1 Å². The minimum atomic E-state index is -4.68. The second-order valence-electron chi connectivity index (χ2n) is 5.61. The molecule has 3 aromatic rings. The van der Waals surface area contributed by atoms with Crippen LogP contribution in [-0.4, -0.2) is 15.3 Å². The summed E-state index contributed by atoms with van der Waals surface area (Å²) in [6.45, 7) is 1.66. The molecule has 0 fully saturated rings. The lowest BCUT2D eigenvalue weighted by molar-refractivity contribution is -0.137. The second-order valence-corrected chi connectivity index (χ2v) is 6.02. The van der Waals surface area contributed by atoms with Gasteiger partial charge in [0, 0.05) is 18.0 Å². The number of pyridine rings is 1. The summed E-state index contributed by atoms with van der Waals surface area (Å²) in [5.41, 5.74) is -1.10. The van der Waals surface area contributed by atoms with E-state index in [9.17, 15) is 26.7 Å². The lowest BCUT2D eigenvalue weighted by atomic mass is 10.2. The molecule has 0 saturated heterocycles. The zero-order valence-corrected chi connectivity index (χ0v) is 14.4. The first kappa shape index (κ1) is 19.1. The van der Waals surface area contributed by atoms with Crippen molar-refractivity contribution in [2.24, 2.45) is 0 Å². The summed E-state index contributed by atoms with van der Waals surface area (Å²) < 4.78 is 66.5. The molecule has 4 nitrogen and oxygen atoms in total. The molecule has 0 saturated carbocycles. The number of nitrogens with one attached hydrogen (secondary N) is 1. The summed E-state index contributed by atoms with van der Waals surface area (Å²) in [6, 6.07) is 3.43. The number of halogens is 6. The molecule has 1 N–H and O–H groups in total. The highest BCUT2D eigenvalue weighted by Crippen LogP contribution is 2.33. The van der Waals surface area contributed by atoms with Gasteiger partial charge in [-0.1, -0.05) is 18.5 Å². The first-order valence-corrected chi connectivity index (χ1v) is 8.03. The Kier molecular flexibility index (Phi) is 4.81. The van der Waals surface area contributed by atoms with Gasteiger partial charge in [-0.2, -0.15) is 13.2 Å². The van der Waals surface area contributed by atoms with Gasteiger partial charge in [0.05, 0.1) is 16.3 Å². The lowest BCUT2D eigenvalue weighted by Crippen LogP contribution is -2.17. The van der Waals surface area contributed by atoms with Gasteiger partial charge < -0.3 is 5.32 Å². The number of aryl methyl sites for hydroxylation is 1. The summed E-state index contributed by atoms with van der Waals surface area (Å²) >= 11 is 5.91. The fourth-order valence-electron chi connectivity index (χ4n) is 2.56. The predicted octanol–water partition coefficient (Wildman–Crippen LogP) is 5.10. The Morgan fingerprint density at radius 2 is 1.93 bits per heavy atom. The molecular weight excluding hydrogens is 393 g/mol. The third-order valence-corrected chi connectivity index (χ3v) is 4.08. The summed E-state index contributed by atoms with van der Waals surface area (Å²) in [5.74, 6) is -3.11. The molecule has 0 aliphatic heterocycles. The Balaban J connectivity index is 2.12. The lowest BCUT2D eigenvalue weighted by Gasteiger charge is -2.10. The molecule has 0 aliphatic rings. The first-order valence-electron chi connectivity index (χ1n) is 7.66. The fraction of sp³-hybridized carbons (Fsp3) is 0.176. The SMILES string of the molecule is CCc1nc2c(Cl)cc(C(F)(F)F)cn2c1C(=O)Nc1ccc(F)c(F)c1. The molecule has 1 amide bonds. The molecule has 27 heavy (non-hydrogen) atoms. The van der Waals surface area contributed by atoms with Crippen LogP contribution in [0.4, 0.5) is 27.6 Å². The number of hydrogen-bond donors (Lipinski definition) is 1. The number of fused-ring (bicyclic) bond motifs is 1. The van der Waals surface area contributed by atoms with E-state index in [0.29, 0.717) is 6.20 Å². The number of aromatic nitrogens is 2. The number of nitrogens with zero attached hydrogens (tertiary/aromatic N) is 2. The Morgan fingerprint density at radius 1 is 1.22 bits per heavy atom. The molecule has 0 unspecified atom stereocenters. The number of imidazole rings is 1. The van der Waals surface area contributed by atoms with Gasteiger partial charge in [0.15, 0.2) is 17.3 Å². The van der Waals surface area contributed by atoms with Crippen LogP contribution in [0, 0.1) is 11.6 Å². The predicted molar refractivity (Wildman–Crippen MR) is 88.9 cm³/mol. The van der Waals surface area contributed by atoms with Crippen LogP contribution in [0.3, 0.4) is 0 Å². The Labute approximate surface area is 154 Å². The standard InChI is InChI=1S/C17H11ClF5N3O/c1-2-13-14(16(27)24-9-3-4-11(19)12(20)6-9)26-7-8(17(21,22)23)5-10(18)15(26)25-13/h3-7H,2H2,1H3,(H,24,27). The molecule has 2 aromatic heterocycles. The quantitative estimate of drug-likeness (QED) is 0.618. The van der Waals surface area contributed by atoms with Crippen molar-refractivity contribution < 1.29 is 26.7 Å². The van der Waals surface area contributed by atoms with Crippen molar-refractivity contribution in [3.63, 3.8) is 0 Å². The molecule has 142 valence electrons. The summed E-state index contributed by atoms with van der Waals surface area (Å²) in [4.78, 5) is 16.7. The number of alkyl halides is 3. The van der Waals surface area contributed by atoms with Crippen LogP contribution in [0.5, 0.6) is 0 Å². The zero-order chi connectivity index (χ0) is 19.9. The number of hydrogen-bond acceptors (Lipinski definition) is 2. The summed E-state index contributed by atoms with van der Waals surface area (Å²) in [5, 5.41) is 2.05. The molecule has 0 aliphatic carbocycles. The largest absolute Gasteiger partial charge is 0.417 e. The maximum Gasteiger partial charge on any atom is 0.417 e. The molecular formula is C17H11ClF5N3O. The van der Waals surface area contributed by atoms with Crippen molar-refractivity contribution in [2.75, 3.05) is 5.32 Å². The van der Waals surface area contributed by atoms with E-state index in [-0.39, 0.29) is 34.2 Å². The topological polar surface area (TPSA) is 46.4 Å². The smallest absolute Gasteiger partial charge is 0.321 e. The van der Waals surface area contributed by atoms with Crippen molar-refractivity contribution in [1.29, 1.82) is 0 Å². The van der Waals surface area contributed by atoms with Crippen LogP contribution >= 0.6 is 11.6 Å². The number of amides is 1. The molecule has 0 radical (unpaired) electrons. The van der Waals surface area contributed by atoms with E-state index >= 15 is 0 Å².